The molecule has 11 heteroatoms. The number of anilines is 3. The zero-order valence-corrected chi connectivity index (χ0v) is 21.5. The number of pyridine rings is 1. The van der Waals surface area contributed by atoms with Crippen LogP contribution in [0.4, 0.5) is 17.3 Å². The SMILES string of the molecule is CC.O=S(=O)(c1cccc2cccnc12)n1ncc2cnc(Nc3ccc(N4CCNCC4)cc3)nc21. The fraction of sp³-hybridized carbons (Fsp3) is 0.231. The van der Waals surface area contributed by atoms with Crippen molar-refractivity contribution in [1.82, 2.24) is 29.5 Å². The highest BCUT2D eigenvalue weighted by atomic mass is 32.2. The maximum atomic E-state index is 13.6. The van der Waals surface area contributed by atoms with Crippen LogP contribution < -0.4 is 15.5 Å². The van der Waals surface area contributed by atoms with Gasteiger partial charge in [-0.1, -0.05) is 32.0 Å². The highest BCUT2D eigenvalue weighted by Gasteiger charge is 2.24. The largest absolute Gasteiger partial charge is 0.369 e. The van der Waals surface area contributed by atoms with E-state index in [2.05, 4.69) is 47.7 Å². The van der Waals surface area contributed by atoms with Crippen LogP contribution in [0.3, 0.4) is 0 Å². The Bertz CT molecular complexity index is 1620. The first-order valence-corrected chi connectivity index (χ1v) is 13.7. The Balaban J connectivity index is 0.00000137. The third-order valence-electron chi connectivity index (χ3n) is 5.99. The highest BCUT2D eigenvalue weighted by Crippen LogP contribution is 2.26. The molecular weight excluding hydrogens is 488 g/mol. The van der Waals surface area contributed by atoms with Crippen LogP contribution >= 0.6 is 0 Å². The number of nitrogens with zero attached hydrogens (tertiary/aromatic N) is 6. The lowest BCUT2D eigenvalue weighted by Gasteiger charge is -2.29. The maximum Gasteiger partial charge on any atom is 0.287 e. The van der Waals surface area contributed by atoms with Crippen molar-refractivity contribution in [2.24, 2.45) is 0 Å². The lowest BCUT2D eigenvalue weighted by Crippen LogP contribution is -2.43. The zero-order chi connectivity index (χ0) is 25.8. The van der Waals surface area contributed by atoms with Gasteiger partial charge in [0.1, 0.15) is 4.90 Å². The van der Waals surface area contributed by atoms with Gasteiger partial charge in [-0.3, -0.25) is 4.98 Å². The Morgan fingerprint density at radius 2 is 1.65 bits per heavy atom. The summed E-state index contributed by atoms with van der Waals surface area (Å²) in [5.74, 6) is 0.278. The standard InChI is InChI=1S/C24H22N8O2S.C2H6/c33-35(34,21-5-1-3-17-4-2-10-26-22(17)21)32-23-18(16-28-32)15-27-24(30-23)29-19-6-8-20(9-7-19)31-13-11-25-12-14-31;1-2/h1-10,15-16,25H,11-14H2,(H,27,29,30);1-2H3. The van der Waals surface area contributed by atoms with E-state index in [1.165, 1.54) is 12.3 Å². The smallest absolute Gasteiger partial charge is 0.287 e. The van der Waals surface area contributed by atoms with Crippen molar-refractivity contribution in [3.05, 3.63) is 73.2 Å². The molecule has 4 heterocycles. The van der Waals surface area contributed by atoms with Crippen molar-refractivity contribution in [1.29, 1.82) is 0 Å². The molecule has 0 amide bonds. The van der Waals surface area contributed by atoms with Gasteiger partial charge in [-0.25, -0.2) is 4.98 Å². The van der Waals surface area contributed by atoms with Gasteiger partial charge < -0.3 is 15.5 Å². The summed E-state index contributed by atoms with van der Waals surface area (Å²) in [6, 6.07) is 16.6. The molecule has 0 aliphatic carbocycles. The molecular formula is C26H28N8O2S. The number of nitrogens with one attached hydrogen (secondary N) is 2. The first kappa shape index (κ1) is 24.6. The molecule has 37 heavy (non-hydrogen) atoms. The molecule has 2 N–H and O–H groups in total. The van der Waals surface area contributed by atoms with E-state index in [1.54, 1.807) is 24.5 Å². The molecule has 1 aliphatic heterocycles. The van der Waals surface area contributed by atoms with E-state index in [0.717, 1.165) is 47.0 Å². The number of fused-ring (bicyclic) bond motifs is 2. The number of para-hydroxylation sites is 1. The van der Waals surface area contributed by atoms with E-state index in [1.807, 2.05) is 38.1 Å². The van der Waals surface area contributed by atoms with Gasteiger partial charge >= 0.3 is 0 Å². The molecule has 5 aromatic rings. The Morgan fingerprint density at radius 1 is 0.892 bits per heavy atom. The third kappa shape index (κ3) is 4.83. The second kappa shape index (κ2) is 10.5. The molecule has 0 spiro atoms. The molecule has 0 atom stereocenters. The van der Waals surface area contributed by atoms with Crippen molar-refractivity contribution in [3.63, 3.8) is 0 Å². The van der Waals surface area contributed by atoms with Gasteiger partial charge in [0.05, 0.1) is 17.1 Å². The van der Waals surface area contributed by atoms with Crippen molar-refractivity contribution < 1.29 is 8.42 Å². The van der Waals surface area contributed by atoms with E-state index < -0.39 is 10.0 Å². The number of aromatic nitrogens is 5. The van der Waals surface area contributed by atoms with Crippen molar-refractivity contribution in [3.8, 4) is 0 Å². The van der Waals surface area contributed by atoms with Gasteiger partial charge in [-0.2, -0.15) is 18.5 Å². The Labute approximate surface area is 215 Å². The fourth-order valence-electron chi connectivity index (χ4n) is 4.22. The minimum atomic E-state index is -4.04. The summed E-state index contributed by atoms with van der Waals surface area (Å²) in [5, 5.41) is 11.9. The normalized spacial score (nSPS) is 13.8. The van der Waals surface area contributed by atoms with Crippen LogP contribution in [0.25, 0.3) is 21.9 Å². The Morgan fingerprint density at radius 3 is 2.43 bits per heavy atom. The predicted molar refractivity (Wildman–Crippen MR) is 146 cm³/mol. The molecule has 1 saturated heterocycles. The van der Waals surface area contributed by atoms with E-state index in [4.69, 9.17) is 0 Å². The summed E-state index contributed by atoms with van der Waals surface area (Å²) < 4.78 is 28.0. The van der Waals surface area contributed by atoms with Gasteiger partial charge in [-0.15, -0.1) is 4.09 Å². The van der Waals surface area contributed by atoms with Gasteiger partial charge in [0, 0.05) is 55.3 Å². The Kier molecular flexibility index (Phi) is 6.97. The predicted octanol–water partition coefficient (Wildman–Crippen LogP) is 3.79. The summed E-state index contributed by atoms with van der Waals surface area (Å²) in [6.07, 6.45) is 4.57. The van der Waals surface area contributed by atoms with E-state index in [9.17, 15) is 8.42 Å². The summed E-state index contributed by atoms with van der Waals surface area (Å²) in [5.41, 5.74) is 2.53. The summed E-state index contributed by atoms with van der Waals surface area (Å²) in [4.78, 5) is 15.5. The molecule has 0 radical (unpaired) electrons. The average molecular weight is 517 g/mol. The van der Waals surface area contributed by atoms with Crippen LogP contribution in [0.15, 0.2) is 78.1 Å². The van der Waals surface area contributed by atoms with Gasteiger partial charge in [0.15, 0.2) is 5.65 Å². The van der Waals surface area contributed by atoms with Crippen molar-refractivity contribution in [2.45, 2.75) is 18.7 Å². The van der Waals surface area contributed by atoms with Crippen LogP contribution in [0.1, 0.15) is 13.8 Å². The first-order valence-electron chi connectivity index (χ1n) is 12.2. The molecule has 6 rings (SSSR count). The molecule has 190 valence electrons. The molecule has 1 fully saturated rings. The molecule has 0 saturated carbocycles. The number of rotatable bonds is 5. The molecule has 0 unspecified atom stereocenters. The van der Waals surface area contributed by atoms with E-state index in [-0.39, 0.29) is 16.5 Å². The number of hydrogen-bond acceptors (Lipinski definition) is 9. The first-order chi connectivity index (χ1) is 18.1. The quantitative estimate of drug-likeness (QED) is 0.360. The topological polar surface area (TPSA) is 118 Å². The van der Waals surface area contributed by atoms with Gasteiger partial charge in [-0.05, 0) is 36.4 Å². The number of benzene rings is 2. The molecule has 0 bridgehead atoms. The number of hydrogen-bond donors (Lipinski definition) is 2. The number of piperazine rings is 1. The van der Waals surface area contributed by atoms with Crippen LogP contribution in [-0.2, 0) is 10.0 Å². The summed E-state index contributed by atoms with van der Waals surface area (Å²) in [7, 11) is -4.04. The summed E-state index contributed by atoms with van der Waals surface area (Å²) in [6.45, 7) is 7.88. The monoisotopic (exact) mass is 516 g/mol. The van der Waals surface area contributed by atoms with E-state index >= 15 is 0 Å². The maximum absolute atomic E-state index is 13.6. The Hall–Kier alpha value is -4.09. The second-order valence-corrected chi connectivity index (χ2v) is 9.94. The second-order valence-electron chi connectivity index (χ2n) is 8.21. The minimum absolute atomic E-state index is 0.0669. The molecule has 1 aliphatic rings. The van der Waals surface area contributed by atoms with Crippen molar-refractivity contribution in [2.75, 3.05) is 36.4 Å². The van der Waals surface area contributed by atoms with Crippen molar-refractivity contribution >= 4 is 49.3 Å². The van der Waals surface area contributed by atoms with Gasteiger partial charge in [0.2, 0.25) is 5.95 Å². The fourth-order valence-corrected chi connectivity index (χ4v) is 5.61. The minimum Gasteiger partial charge on any atom is -0.369 e. The molecule has 10 nitrogen and oxygen atoms in total. The average Bonchev–Trinajstić information content (AvgIpc) is 3.39. The molecule has 3 aromatic heterocycles. The molecule has 2 aromatic carbocycles. The summed E-state index contributed by atoms with van der Waals surface area (Å²) >= 11 is 0. The van der Waals surface area contributed by atoms with E-state index in [0.29, 0.717) is 10.9 Å². The van der Waals surface area contributed by atoms with Gasteiger partial charge in [0.25, 0.3) is 10.0 Å². The van der Waals surface area contributed by atoms with Crippen LogP contribution in [-0.4, -0.2) is 58.7 Å². The van der Waals surface area contributed by atoms with Crippen LogP contribution in [0.2, 0.25) is 0 Å². The lowest BCUT2D eigenvalue weighted by molar-refractivity contribution is 0.582. The third-order valence-corrected chi connectivity index (χ3v) is 7.59. The lowest BCUT2D eigenvalue weighted by atomic mass is 10.2. The van der Waals surface area contributed by atoms with Crippen LogP contribution in [0, 0.1) is 0 Å². The highest BCUT2D eigenvalue weighted by molar-refractivity contribution is 7.90. The zero-order valence-electron chi connectivity index (χ0n) is 20.7. The van der Waals surface area contributed by atoms with Crippen LogP contribution in [0.5, 0.6) is 0 Å².